The zero-order valence-corrected chi connectivity index (χ0v) is 23.0. The summed E-state index contributed by atoms with van der Waals surface area (Å²) in [6, 6.07) is 21.7. The van der Waals surface area contributed by atoms with E-state index in [0.29, 0.717) is 0 Å². The fourth-order valence-electron chi connectivity index (χ4n) is 4.18. The first-order valence-electron chi connectivity index (χ1n) is 12.7. The molecule has 3 aromatic rings. The first-order valence-corrected chi connectivity index (χ1v) is 14.1. The standard InChI is InChI=1S/C26H29N3O4S.C2HF3O2/c1-2-6-20-9-12-23(13-10-20)34(32,33)27-25-14-11-22(19-24(25)26(30)31)29-17-15-28(16-18-29)21-7-4-3-5-8-21;3-2(4,5)1(6)7/h3-5,7-14,19,27H,2,6,15-18H2,1H3,(H,30,31);(H,6,7). The summed E-state index contributed by atoms with van der Waals surface area (Å²) in [5.74, 6) is -3.94. The lowest BCUT2D eigenvalue weighted by Crippen LogP contribution is -2.46. The van der Waals surface area contributed by atoms with E-state index >= 15 is 0 Å². The van der Waals surface area contributed by atoms with E-state index in [4.69, 9.17) is 9.90 Å². The van der Waals surface area contributed by atoms with Crippen molar-refractivity contribution in [2.75, 3.05) is 40.7 Å². The van der Waals surface area contributed by atoms with Crippen LogP contribution in [0, 0.1) is 0 Å². The summed E-state index contributed by atoms with van der Waals surface area (Å²) in [5.41, 5.74) is 2.97. The molecule has 220 valence electrons. The van der Waals surface area contributed by atoms with Crippen molar-refractivity contribution < 1.29 is 41.4 Å². The zero-order valence-electron chi connectivity index (χ0n) is 22.1. The van der Waals surface area contributed by atoms with Crippen molar-refractivity contribution in [3.05, 3.63) is 83.9 Å². The number of rotatable bonds is 8. The van der Waals surface area contributed by atoms with E-state index in [1.807, 2.05) is 18.2 Å². The lowest BCUT2D eigenvalue weighted by molar-refractivity contribution is -0.192. The molecule has 0 spiro atoms. The molecule has 1 saturated heterocycles. The predicted octanol–water partition coefficient (Wildman–Crippen LogP) is 5.10. The van der Waals surface area contributed by atoms with Gasteiger partial charge in [0.25, 0.3) is 10.0 Å². The second-order valence-electron chi connectivity index (χ2n) is 9.15. The highest BCUT2D eigenvalue weighted by molar-refractivity contribution is 7.92. The smallest absolute Gasteiger partial charge is 0.478 e. The number of hydrogen-bond donors (Lipinski definition) is 3. The molecule has 3 aromatic carbocycles. The maximum Gasteiger partial charge on any atom is 0.490 e. The van der Waals surface area contributed by atoms with Crippen molar-refractivity contribution in [2.45, 2.75) is 30.8 Å². The van der Waals surface area contributed by atoms with Gasteiger partial charge in [0.1, 0.15) is 0 Å². The van der Waals surface area contributed by atoms with Gasteiger partial charge in [-0.3, -0.25) is 4.72 Å². The number of carboxylic acid groups (broad SMARTS) is 2. The van der Waals surface area contributed by atoms with Gasteiger partial charge < -0.3 is 20.0 Å². The topological polar surface area (TPSA) is 127 Å². The minimum atomic E-state index is -5.08. The number of para-hydroxylation sites is 1. The van der Waals surface area contributed by atoms with E-state index in [1.165, 1.54) is 11.8 Å². The number of piperazine rings is 1. The fraction of sp³-hybridized carbons (Fsp3) is 0.286. The van der Waals surface area contributed by atoms with Crippen molar-refractivity contribution in [2.24, 2.45) is 0 Å². The van der Waals surface area contributed by atoms with E-state index in [-0.39, 0.29) is 16.1 Å². The van der Waals surface area contributed by atoms with E-state index < -0.39 is 28.1 Å². The largest absolute Gasteiger partial charge is 0.490 e. The number of alkyl halides is 3. The minimum absolute atomic E-state index is 0.0526. The van der Waals surface area contributed by atoms with Gasteiger partial charge in [-0.15, -0.1) is 0 Å². The zero-order chi connectivity index (χ0) is 30.2. The highest BCUT2D eigenvalue weighted by atomic mass is 32.2. The van der Waals surface area contributed by atoms with Crippen molar-refractivity contribution in [3.8, 4) is 0 Å². The third-order valence-corrected chi connectivity index (χ3v) is 7.64. The molecule has 1 aliphatic rings. The Morgan fingerprint density at radius 2 is 1.39 bits per heavy atom. The Morgan fingerprint density at radius 3 is 1.88 bits per heavy atom. The summed E-state index contributed by atoms with van der Waals surface area (Å²) >= 11 is 0. The van der Waals surface area contributed by atoms with Crippen LogP contribution in [0.15, 0.2) is 77.7 Å². The Labute approximate surface area is 235 Å². The summed E-state index contributed by atoms with van der Waals surface area (Å²) < 4.78 is 60.0. The van der Waals surface area contributed by atoms with Gasteiger partial charge in [0.05, 0.1) is 16.1 Å². The molecule has 1 fully saturated rings. The SMILES string of the molecule is CCCc1ccc(S(=O)(=O)Nc2ccc(N3CCN(c4ccccc4)CC3)cc2C(=O)O)cc1.O=C(O)C(F)(F)F. The van der Waals surface area contributed by atoms with Crippen LogP contribution in [0.1, 0.15) is 29.3 Å². The third kappa shape index (κ3) is 8.61. The normalized spacial score (nSPS) is 13.7. The van der Waals surface area contributed by atoms with Crippen molar-refractivity contribution in [1.29, 1.82) is 0 Å². The number of benzene rings is 3. The molecular weight excluding hydrogens is 563 g/mol. The Kier molecular flexibility index (Phi) is 10.2. The number of sulfonamides is 1. The van der Waals surface area contributed by atoms with Crippen molar-refractivity contribution >= 4 is 39.0 Å². The minimum Gasteiger partial charge on any atom is -0.478 e. The Bertz CT molecular complexity index is 1440. The molecule has 1 heterocycles. The molecule has 13 heteroatoms. The first kappa shape index (κ1) is 31.3. The van der Waals surface area contributed by atoms with Crippen LogP contribution in [0.2, 0.25) is 0 Å². The van der Waals surface area contributed by atoms with Gasteiger partial charge in [-0.2, -0.15) is 13.2 Å². The summed E-state index contributed by atoms with van der Waals surface area (Å²) in [6.45, 7) is 5.17. The molecule has 1 aliphatic heterocycles. The van der Waals surface area contributed by atoms with Crippen LogP contribution in [-0.4, -0.2) is 62.9 Å². The number of anilines is 3. The Balaban J connectivity index is 0.000000587. The van der Waals surface area contributed by atoms with Crippen molar-refractivity contribution in [1.82, 2.24) is 0 Å². The van der Waals surface area contributed by atoms with E-state index in [1.54, 1.807) is 36.4 Å². The summed E-state index contributed by atoms with van der Waals surface area (Å²) in [4.78, 5) is 25.4. The monoisotopic (exact) mass is 593 g/mol. The number of hydrogen-bond acceptors (Lipinski definition) is 6. The van der Waals surface area contributed by atoms with Crippen LogP contribution in [0.5, 0.6) is 0 Å². The Hall–Kier alpha value is -4.26. The molecule has 4 rings (SSSR count). The average molecular weight is 594 g/mol. The van der Waals surface area contributed by atoms with Gasteiger partial charge in [0.15, 0.2) is 0 Å². The number of halogens is 3. The molecule has 0 bridgehead atoms. The summed E-state index contributed by atoms with van der Waals surface area (Å²) in [5, 5.41) is 16.9. The number of nitrogens with one attached hydrogen (secondary N) is 1. The van der Waals surface area contributed by atoms with Crippen LogP contribution in [0.3, 0.4) is 0 Å². The highest BCUT2D eigenvalue weighted by Gasteiger charge is 2.38. The van der Waals surface area contributed by atoms with E-state index in [9.17, 15) is 31.5 Å². The molecule has 0 atom stereocenters. The molecule has 0 aromatic heterocycles. The molecule has 0 unspecified atom stereocenters. The fourth-order valence-corrected chi connectivity index (χ4v) is 5.26. The molecule has 41 heavy (non-hydrogen) atoms. The molecule has 0 radical (unpaired) electrons. The number of aliphatic carboxylic acids is 1. The van der Waals surface area contributed by atoms with E-state index in [2.05, 4.69) is 33.6 Å². The first-order chi connectivity index (χ1) is 19.3. The van der Waals surface area contributed by atoms with Crippen LogP contribution < -0.4 is 14.5 Å². The van der Waals surface area contributed by atoms with Gasteiger partial charge in [-0.05, 0) is 54.4 Å². The summed E-state index contributed by atoms with van der Waals surface area (Å²) in [7, 11) is -3.91. The number of carbonyl (C=O) groups is 2. The van der Waals surface area contributed by atoms with Crippen molar-refractivity contribution in [3.63, 3.8) is 0 Å². The third-order valence-electron chi connectivity index (χ3n) is 6.26. The van der Waals surface area contributed by atoms with Crippen LogP contribution in [0.25, 0.3) is 0 Å². The molecular formula is C28H30F3N3O6S. The van der Waals surface area contributed by atoms with Gasteiger partial charge in [0, 0.05) is 37.6 Å². The predicted molar refractivity (Wildman–Crippen MR) is 149 cm³/mol. The number of aryl methyl sites for hydroxylation is 1. The van der Waals surface area contributed by atoms with Crippen LogP contribution >= 0.6 is 0 Å². The quantitative estimate of drug-likeness (QED) is 0.329. The highest BCUT2D eigenvalue weighted by Crippen LogP contribution is 2.27. The Morgan fingerprint density at radius 1 is 0.854 bits per heavy atom. The second kappa shape index (κ2) is 13.4. The molecule has 0 aliphatic carbocycles. The molecule has 0 amide bonds. The number of aromatic carboxylic acids is 1. The number of carboxylic acids is 2. The second-order valence-corrected chi connectivity index (χ2v) is 10.8. The maximum absolute atomic E-state index is 12.9. The number of nitrogens with zero attached hydrogens (tertiary/aromatic N) is 2. The maximum atomic E-state index is 12.9. The lowest BCUT2D eigenvalue weighted by Gasteiger charge is -2.37. The van der Waals surface area contributed by atoms with Crippen LogP contribution in [-0.2, 0) is 21.2 Å². The molecule has 3 N–H and O–H groups in total. The van der Waals surface area contributed by atoms with Gasteiger partial charge in [-0.1, -0.05) is 43.7 Å². The summed E-state index contributed by atoms with van der Waals surface area (Å²) in [6.07, 6.45) is -3.24. The lowest BCUT2D eigenvalue weighted by atomic mass is 10.1. The van der Waals surface area contributed by atoms with Gasteiger partial charge in [-0.25, -0.2) is 18.0 Å². The van der Waals surface area contributed by atoms with E-state index in [0.717, 1.165) is 50.3 Å². The molecule has 0 saturated carbocycles. The average Bonchev–Trinajstić information content (AvgIpc) is 2.94. The van der Waals surface area contributed by atoms with Crippen LogP contribution in [0.4, 0.5) is 30.2 Å². The van der Waals surface area contributed by atoms with Gasteiger partial charge >= 0.3 is 18.1 Å². The molecule has 9 nitrogen and oxygen atoms in total. The van der Waals surface area contributed by atoms with Gasteiger partial charge in [0.2, 0.25) is 0 Å².